The molecule has 0 fully saturated rings. The average molecular weight is 208 g/mol. The molecule has 0 saturated carbocycles. The van der Waals surface area contributed by atoms with Crippen molar-refractivity contribution < 1.29 is 9.90 Å². The van der Waals surface area contributed by atoms with E-state index < -0.39 is 5.97 Å². The van der Waals surface area contributed by atoms with Gasteiger partial charge in [0.2, 0.25) is 0 Å². The molecule has 0 aliphatic heterocycles. The number of carboxylic acids is 1. The summed E-state index contributed by atoms with van der Waals surface area (Å²) in [5.41, 5.74) is 2.29. The van der Waals surface area contributed by atoms with Crippen LogP contribution < -0.4 is 0 Å². The maximum absolute atomic E-state index is 10.6. The smallest absolute Gasteiger partial charge is 0.306 e. The van der Waals surface area contributed by atoms with Gasteiger partial charge in [0.25, 0.3) is 0 Å². The van der Waals surface area contributed by atoms with Crippen LogP contribution in [0.1, 0.15) is 31.9 Å². The fourth-order valence-corrected chi connectivity index (χ4v) is 1.26. The molecule has 1 unspecified atom stereocenters. The summed E-state index contributed by atoms with van der Waals surface area (Å²) in [6.07, 6.45) is 0.613. The molecule has 0 aliphatic carbocycles. The first kappa shape index (κ1) is 13.7. The second-order valence-electron chi connectivity index (χ2n) is 3.37. The summed E-state index contributed by atoms with van der Waals surface area (Å²) in [7, 11) is 0. The minimum atomic E-state index is -0.733. The van der Waals surface area contributed by atoms with E-state index in [9.17, 15) is 4.79 Å². The highest BCUT2D eigenvalue weighted by Gasteiger charge is 2.11. The standard InChI is InChI=1S/C11H14O2.C2H6/c1-8-5-3-4-6-10(8)7-9(2)11(12)13;1-2/h3-6,9H,7H2,1-2H3,(H,12,13);1-2H3. The third-order valence-electron chi connectivity index (χ3n) is 2.21. The van der Waals surface area contributed by atoms with Crippen LogP contribution in [0.25, 0.3) is 0 Å². The maximum Gasteiger partial charge on any atom is 0.306 e. The van der Waals surface area contributed by atoms with Gasteiger partial charge in [0.15, 0.2) is 0 Å². The van der Waals surface area contributed by atoms with Crippen LogP contribution in [0.3, 0.4) is 0 Å². The van der Waals surface area contributed by atoms with Crippen LogP contribution in [0.15, 0.2) is 24.3 Å². The van der Waals surface area contributed by atoms with Crippen LogP contribution >= 0.6 is 0 Å². The second-order valence-corrected chi connectivity index (χ2v) is 3.37. The number of aliphatic carboxylic acids is 1. The van der Waals surface area contributed by atoms with Crippen molar-refractivity contribution in [1.29, 1.82) is 0 Å². The molecule has 0 amide bonds. The van der Waals surface area contributed by atoms with E-state index in [0.29, 0.717) is 6.42 Å². The third-order valence-corrected chi connectivity index (χ3v) is 2.21. The molecule has 1 N–H and O–H groups in total. The Labute approximate surface area is 91.9 Å². The van der Waals surface area contributed by atoms with Crippen LogP contribution in [0, 0.1) is 12.8 Å². The topological polar surface area (TPSA) is 37.3 Å². The molecule has 0 aromatic heterocycles. The Kier molecular flexibility index (Phi) is 6.43. The van der Waals surface area contributed by atoms with E-state index in [4.69, 9.17) is 5.11 Å². The number of aryl methyl sites for hydroxylation is 1. The summed E-state index contributed by atoms with van der Waals surface area (Å²) in [6, 6.07) is 7.89. The van der Waals surface area contributed by atoms with Crippen LogP contribution in [0.2, 0.25) is 0 Å². The lowest BCUT2D eigenvalue weighted by atomic mass is 9.98. The Bertz CT molecular complexity index is 305. The zero-order valence-electron chi connectivity index (χ0n) is 9.95. The zero-order chi connectivity index (χ0) is 11.8. The lowest BCUT2D eigenvalue weighted by Crippen LogP contribution is -2.12. The van der Waals surface area contributed by atoms with Gasteiger partial charge in [-0.1, -0.05) is 45.0 Å². The summed E-state index contributed by atoms with van der Waals surface area (Å²) in [4.78, 5) is 10.6. The van der Waals surface area contributed by atoms with E-state index >= 15 is 0 Å². The molecule has 0 heterocycles. The highest BCUT2D eigenvalue weighted by molar-refractivity contribution is 5.69. The van der Waals surface area contributed by atoms with Crippen molar-refractivity contribution in [2.75, 3.05) is 0 Å². The molecule has 0 aliphatic rings. The quantitative estimate of drug-likeness (QED) is 0.827. The van der Waals surface area contributed by atoms with Crippen molar-refractivity contribution in [2.24, 2.45) is 5.92 Å². The summed E-state index contributed by atoms with van der Waals surface area (Å²) >= 11 is 0. The van der Waals surface area contributed by atoms with Crippen molar-refractivity contribution in [1.82, 2.24) is 0 Å². The molecule has 84 valence electrons. The zero-order valence-corrected chi connectivity index (χ0v) is 9.95. The fourth-order valence-electron chi connectivity index (χ4n) is 1.26. The molecule has 0 saturated heterocycles. The SMILES string of the molecule is CC.Cc1ccccc1CC(C)C(=O)O. The number of carboxylic acid groups (broad SMARTS) is 1. The molecule has 1 aromatic carbocycles. The van der Waals surface area contributed by atoms with E-state index in [2.05, 4.69) is 0 Å². The number of hydrogen-bond acceptors (Lipinski definition) is 1. The van der Waals surface area contributed by atoms with E-state index in [0.717, 1.165) is 11.1 Å². The molecule has 15 heavy (non-hydrogen) atoms. The van der Waals surface area contributed by atoms with Gasteiger partial charge < -0.3 is 5.11 Å². The molecule has 2 nitrogen and oxygen atoms in total. The van der Waals surface area contributed by atoms with Crippen molar-refractivity contribution in [3.05, 3.63) is 35.4 Å². The van der Waals surface area contributed by atoms with Crippen LogP contribution in [-0.2, 0) is 11.2 Å². The van der Waals surface area contributed by atoms with Gasteiger partial charge in [0, 0.05) is 0 Å². The second kappa shape index (κ2) is 7.04. The van der Waals surface area contributed by atoms with Gasteiger partial charge in [-0.05, 0) is 24.5 Å². The molecule has 1 aromatic rings. The molecule has 2 heteroatoms. The Morgan fingerprint density at radius 3 is 2.33 bits per heavy atom. The highest BCUT2D eigenvalue weighted by atomic mass is 16.4. The Balaban J connectivity index is 0.000000921. The summed E-state index contributed by atoms with van der Waals surface area (Å²) < 4.78 is 0. The summed E-state index contributed by atoms with van der Waals surface area (Å²) in [5, 5.41) is 8.73. The molecule has 0 radical (unpaired) electrons. The number of hydrogen-bond donors (Lipinski definition) is 1. The van der Waals surface area contributed by atoms with Crippen molar-refractivity contribution in [3.63, 3.8) is 0 Å². The van der Waals surface area contributed by atoms with Crippen molar-refractivity contribution >= 4 is 5.97 Å². The Morgan fingerprint density at radius 1 is 1.33 bits per heavy atom. The first-order valence-electron chi connectivity index (χ1n) is 5.38. The number of carbonyl (C=O) groups is 1. The van der Waals surface area contributed by atoms with E-state index in [-0.39, 0.29) is 5.92 Å². The largest absolute Gasteiger partial charge is 0.481 e. The average Bonchev–Trinajstić information content (AvgIpc) is 2.24. The minimum Gasteiger partial charge on any atom is -0.481 e. The van der Waals surface area contributed by atoms with E-state index in [1.165, 1.54) is 0 Å². The molecule has 0 bridgehead atoms. The minimum absolute atomic E-state index is 0.305. The molecule has 1 atom stereocenters. The molecule has 1 rings (SSSR count). The van der Waals surface area contributed by atoms with E-state index in [1.807, 2.05) is 45.0 Å². The Hall–Kier alpha value is -1.31. The van der Waals surface area contributed by atoms with Gasteiger partial charge in [-0.15, -0.1) is 0 Å². The molecular weight excluding hydrogens is 188 g/mol. The van der Waals surface area contributed by atoms with Gasteiger partial charge in [0.05, 0.1) is 5.92 Å². The van der Waals surface area contributed by atoms with Gasteiger partial charge in [-0.25, -0.2) is 0 Å². The van der Waals surface area contributed by atoms with E-state index in [1.54, 1.807) is 6.92 Å². The highest BCUT2D eigenvalue weighted by Crippen LogP contribution is 2.12. The van der Waals surface area contributed by atoms with Gasteiger partial charge in [-0.3, -0.25) is 4.79 Å². The van der Waals surface area contributed by atoms with Crippen molar-refractivity contribution in [3.8, 4) is 0 Å². The summed E-state index contributed by atoms with van der Waals surface area (Å²) in [5.74, 6) is -1.04. The number of benzene rings is 1. The predicted octanol–water partition coefficient (Wildman–Crippen LogP) is 3.28. The maximum atomic E-state index is 10.6. The van der Waals surface area contributed by atoms with Crippen LogP contribution in [0.4, 0.5) is 0 Å². The normalized spacial score (nSPS) is 11.2. The molecular formula is C13H20O2. The van der Waals surface area contributed by atoms with Crippen molar-refractivity contribution in [2.45, 2.75) is 34.1 Å². The lowest BCUT2D eigenvalue weighted by molar-refractivity contribution is -0.141. The molecule has 0 spiro atoms. The van der Waals surface area contributed by atoms with Gasteiger partial charge in [0.1, 0.15) is 0 Å². The van der Waals surface area contributed by atoms with Gasteiger partial charge >= 0.3 is 5.97 Å². The fraction of sp³-hybridized carbons (Fsp3) is 0.462. The first-order valence-corrected chi connectivity index (χ1v) is 5.38. The van der Waals surface area contributed by atoms with Gasteiger partial charge in [-0.2, -0.15) is 0 Å². The lowest BCUT2D eigenvalue weighted by Gasteiger charge is -2.08. The number of rotatable bonds is 3. The summed E-state index contributed by atoms with van der Waals surface area (Å²) in [6.45, 7) is 7.73. The Morgan fingerprint density at radius 2 is 1.87 bits per heavy atom. The van der Waals surface area contributed by atoms with Crippen LogP contribution in [-0.4, -0.2) is 11.1 Å². The third kappa shape index (κ3) is 4.63. The first-order chi connectivity index (χ1) is 7.11. The predicted molar refractivity (Wildman–Crippen MR) is 63.0 cm³/mol. The monoisotopic (exact) mass is 208 g/mol. The van der Waals surface area contributed by atoms with Crippen LogP contribution in [0.5, 0.6) is 0 Å².